The quantitative estimate of drug-likeness (QED) is 0.728. The van der Waals surface area contributed by atoms with Crippen molar-refractivity contribution in [2.75, 3.05) is 19.6 Å². The summed E-state index contributed by atoms with van der Waals surface area (Å²) in [6.45, 7) is 7.88. The highest BCUT2D eigenvalue weighted by Crippen LogP contribution is 2.45. The van der Waals surface area contributed by atoms with E-state index in [2.05, 4.69) is 63.1 Å². The number of nitrogens with one attached hydrogen (secondary N) is 1. The van der Waals surface area contributed by atoms with E-state index in [9.17, 15) is 4.79 Å². The van der Waals surface area contributed by atoms with Crippen molar-refractivity contribution in [3.63, 3.8) is 0 Å². The summed E-state index contributed by atoms with van der Waals surface area (Å²) in [7, 11) is 0. The Balaban J connectivity index is 1.41. The number of aromatic nitrogens is 3. The van der Waals surface area contributed by atoms with E-state index in [1.165, 1.54) is 11.1 Å². The van der Waals surface area contributed by atoms with Gasteiger partial charge in [-0.25, -0.2) is 0 Å². The molecule has 0 radical (unpaired) electrons. The number of likely N-dealkylation sites (tertiary alicyclic amines) is 2. The van der Waals surface area contributed by atoms with Crippen LogP contribution in [0.3, 0.4) is 0 Å². The van der Waals surface area contributed by atoms with Crippen LogP contribution < -0.4 is 0 Å². The lowest BCUT2D eigenvalue weighted by atomic mass is 9.89. The first-order valence-electron chi connectivity index (χ1n) is 10.6. The summed E-state index contributed by atoms with van der Waals surface area (Å²) >= 11 is 0. The maximum atomic E-state index is 13.4. The molecule has 1 aromatic carbocycles. The lowest BCUT2D eigenvalue weighted by Gasteiger charge is -2.30. The third kappa shape index (κ3) is 3.31. The fourth-order valence-electron chi connectivity index (χ4n) is 5.24. The Bertz CT molecular complexity index is 1010. The van der Waals surface area contributed by atoms with Gasteiger partial charge in [0.2, 0.25) is 0 Å². The number of H-pyrrole nitrogens is 1. The molecular formula is C24H27N5O. The standard InChI is InChI=1S/C24H27N5O/c1-16-21(17(2)27-26-16)14-28-12-20-13-29(24(30)19-8-10-25-11-9-19)23(22(20)15-28)18-6-4-3-5-7-18/h3-11,20,22-23H,12-15H2,1-2H3,(H,26,27)/t20-,22-,23-/m0/s1. The number of fused-ring (bicyclic) bond motifs is 1. The average Bonchev–Trinajstić information content (AvgIpc) is 3.43. The lowest BCUT2D eigenvalue weighted by molar-refractivity contribution is 0.0699. The van der Waals surface area contributed by atoms with E-state index < -0.39 is 0 Å². The molecule has 4 heterocycles. The molecule has 1 amide bonds. The van der Waals surface area contributed by atoms with Crippen LogP contribution in [0.5, 0.6) is 0 Å². The van der Waals surface area contributed by atoms with E-state index in [1.54, 1.807) is 12.4 Å². The van der Waals surface area contributed by atoms with Gasteiger partial charge in [0.25, 0.3) is 5.91 Å². The Labute approximate surface area is 176 Å². The molecule has 2 aliphatic heterocycles. The SMILES string of the molecule is Cc1n[nH]c(C)c1CN1C[C@H]2CN(C(=O)c3ccncc3)[C@@H](c3ccccc3)[C@H]2C1. The minimum Gasteiger partial charge on any atom is -0.331 e. The van der Waals surface area contributed by atoms with Crippen molar-refractivity contribution in [3.05, 3.63) is 82.9 Å². The number of pyridine rings is 1. The first-order valence-corrected chi connectivity index (χ1v) is 10.6. The number of amides is 1. The van der Waals surface area contributed by atoms with Gasteiger partial charge in [0.1, 0.15) is 0 Å². The normalized spacial score (nSPS) is 23.7. The minimum atomic E-state index is 0.105. The third-order valence-electron chi connectivity index (χ3n) is 6.73. The Morgan fingerprint density at radius 1 is 1.07 bits per heavy atom. The summed E-state index contributed by atoms with van der Waals surface area (Å²) < 4.78 is 0. The molecule has 154 valence electrons. The van der Waals surface area contributed by atoms with Crippen LogP contribution >= 0.6 is 0 Å². The number of benzene rings is 1. The van der Waals surface area contributed by atoms with E-state index in [4.69, 9.17) is 0 Å². The van der Waals surface area contributed by atoms with E-state index in [1.807, 2.05) is 18.2 Å². The van der Waals surface area contributed by atoms with Gasteiger partial charge in [-0.15, -0.1) is 0 Å². The molecule has 2 saturated heterocycles. The highest BCUT2D eigenvalue weighted by Gasteiger charge is 2.49. The van der Waals surface area contributed by atoms with Crippen molar-refractivity contribution in [2.45, 2.75) is 26.4 Å². The summed E-state index contributed by atoms with van der Waals surface area (Å²) in [6, 6.07) is 14.2. The van der Waals surface area contributed by atoms with Crippen LogP contribution in [-0.4, -0.2) is 50.5 Å². The number of hydrogen-bond acceptors (Lipinski definition) is 4. The molecule has 6 heteroatoms. The van der Waals surface area contributed by atoms with Gasteiger partial charge in [0.15, 0.2) is 0 Å². The second-order valence-corrected chi connectivity index (χ2v) is 8.58. The molecule has 3 aromatic rings. The van der Waals surface area contributed by atoms with Crippen LogP contribution in [0.1, 0.15) is 38.9 Å². The molecule has 2 aliphatic rings. The number of aryl methyl sites for hydroxylation is 2. The summed E-state index contributed by atoms with van der Waals surface area (Å²) in [4.78, 5) is 22.0. The number of carbonyl (C=O) groups excluding carboxylic acids is 1. The highest BCUT2D eigenvalue weighted by atomic mass is 16.2. The molecule has 0 saturated carbocycles. The fraction of sp³-hybridized carbons (Fsp3) is 0.375. The van der Waals surface area contributed by atoms with Crippen molar-refractivity contribution in [2.24, 2.45) is 11.8 Å². The molecule has 3 atom stereocenters. The van der Waals surface area contributed by atoms with Gasteiger partial charge in [0, 0.05) is 61.3 Å². The van der Waals surface area contributed by atoms with Crippen molar-refractivity contribution < 1.29 is 4.79 Å². The molecule has 0 unspecified atom stereocenters. The van der Waals surface area contributed by atoms with Crippen molar-refractivity contribution in [1.82, 2.24) is 25.0 Å². The summed E-state index contributed by atoms with van der Waals surface area (Å²) in [5, 5.41) is 7.45. The first kappa shape index (κ1) is 19.0. The molecule has 30 heavy (non-hydrogen) atoms. The van der Waals surface area contributed by atoms with Gasteiger partial charge >= 0.3 is 0 Å². The van der Waals surface area contributed by atoms with Gasteiger partial charge in [-0.3, -0.25) is 19.8 Å². The van der Waals surface area contributed by atoms with Crippen LogP contribution in [0.2, 0.25) is 0 Å². The molecule has 1 N–H and O–H groups in total. The van der Waals surface area contributed by atoms with Crippen LogP contribution in [0.25, 0.3) is 0 Å². The number of carbonyl (C=O) groups is 1. The van der Waals surface area contributed by atoms with Crippen LogP contribution in [0.4, 0.5) is 0 Å². The zero-order valence-electron chi connectivity index (χ0n) is 17.5. The highest BCUT2D eigenvalue weighted by molar-refractivity contribution is 5.94. The first-order chi connectivity index (χ1) is 14.6. The van der Waals surface area contributed by atoms with Gasteiger partial charge in [-0.05, 0) is 37.5 Å². The summed E-state index contributed by atoms with van der Waals surface area (Å²) in [5.74, 6) is 1.02. The van der Waals surface area contributed by atoms with Crippen LogP contribution in [-0.2, 0) is 6.54 Å². The van der Waals surface area contributed by atoms with Crippen LogP contribution in [0, 0.1) is 25.7 Å². The molecule has 0 aliphatic carbocycles. The fourth-order valence-corrected chi connectivity index (χ4v) is 5.24. The number of hydrogen-bond donors (Lipinski definition) is 1. The molecule has 5 rings (SSSR count). The molecule has 6 nitrogen and oxygen atoms in total. The van der Waals surface area contributed by atoms with Crippen molar-refractivity contribution in [1.29, 1.82) is 0 Å². The number of nitrogens with zero attached hydrogens (tertiary/aromatic N) is 4. The zero-order valence-corrected chi connectivity index (χ0v) is 17.5. The average molecular weight is 402 g/mol. The molecule has 2 fully saturated rings. The van der Waals surface area contributed by atoms with Gasteiger partial charge < -0.3 is 4.90 Å². The van der Waals surface area contributed by atoms with Gasteiger partial charge in [-0.1, -0.05) is 30.3 Å². The minimum absolute atomic E-state index is 0.105. The van der Waals surface area contributed by atoms with E-state index in [0.29, 0.717) is 17.4 Å². The zero-order chi connectivity index (χ0) is 20.7. The topological polar surface area (TPSA) is 65.1 Å². The Hall–Kier alpha value is -2.99. The van der Waals surface area contributed by atoms with Crippen LogP contribution in [0.15, 0.2) is 54.9 Å². The Morgan fingerprint density at radius 3 is 2.53 bits per heavy atom. The maximum absolute atomic E-state index is 13.4. The second-order valence-electron chi connectivity index (χ2n) is 8.58. The summed E-state index contributed by atoms with van der Waals surface area (Å²) in [6.07, 6.45) is 3.39. The largest absolute Gasteiger partial charge is 0.331 e. The molecule has 0 spiro atoms. The van der Waals surface area contributed by atoms with E-state index >= 15 is 0 Å². The third-order valence-corrected chi connectivity index (χ3v) is 6.73. The predicted molar refractivity (Wildman–Crippen MR) is 115 cm³/mol. The monoisotopic (exact) mass is 401 g/mol. The van der Waals surface area contributed by atoms with Crippen molar-refractivity contribution >= 4 is 5.91 Å². The second kappa shape index (κ2) is 7.69. The predicted octanol–water partition coefficient (Wildman–Crippen LogP) is 3.37. The maximum Gasteiger partial charge on any atom is 0.254 e. The van der Waals surface area contributed by atoms with Crippen molar-refractivity contribution in [3.8, 4) is 0 Å². The van der Waals surface area contributed by atoms with Gasteiger partial charge in [-0.2, -0.15) is 5.10 Å². The van der Waals surface area contributed by atoms with E-state index in [0.717, 1.165) is 37.6 Å². The molecular weight excluding hydrogens is 374 g/mol. The molecule has 2 aromatic heterocycles. The Morgan fingerprint density at radius 2 is 1.83 bits per heavy atom. The molecule has 0 bridgehead atoms. The Kier molecular flexibility index (Phi) is 4.87. The smallest absolute Gasteiger partial charge is 0.254 e. The van der Waals surface area contributed by atoms with Gasteiger partial charge in [0.05, 0.1) is 11.7 Å². The lowest BCUT2D eigenvalue weighted by Crippen LogP contribution is -2.35. The number of aromatic amines is 1. The van der Waals surface area contributed by atoms with E-state index in [-0.39, 0.29) is 11.9 Å². The number of rotatable bonds is 4. The summed E-state index contributed by atoms with van der Waals surface area (Å²) in [5.41, 5.74) is 5.48.